The van der Waals surface area contributed by atoms with Crippen LogP contribution in [0.3, 0.4) is 0 Å². The Kier molecular flexibility index (Phi) is 5.70. The van der Waals surface area contributed by atoms with Gasteiger partial charge in [0.25, 0.3) is 0 Å². The molecule has 1 saturated heterocycles. The van der Waals surface area contributed by atoms with Crippen LogP contribution in [0.4, 0.5) is 0 Å². The normalized spacial score (nSPS) is 17.0. The summed E-state index contributed by atoms with van der Waals surface area (Å²) in [4.78, 5) is 2.54. The Bertz CT molecular complexity index is 624. The first-order valence-corrected chi connectivity index (χ1v) is 9.01. The number of para-hydroxylation sites is 1. The zero-order chi connectivity index (χ0) is 16.1. The summed E-state index contributed by atoms with van der Waals surface area (Å²) < 4.78 is 7.01. The van der Waals surface area contributed by atoms with Gasteiger partial charge < -0.3 is 10.1 Å². The van der Waals surface area contributed by atoms with Crippen molar-refractivity contribution in [2.75, 3.05) is 32.8 Å². The average Bonchev–Trinajstić information content (AvgIpc) is 2.60. The smallest absolute Gasteiger partial charge is 0.124 e. The molecule has 0 radical (unpaired) electrons. The fourth-order valence-corrected chi connectivity index (χ4v) is 3.43. The highest BCUT2D eigenvalue weighted by Crippen LogP contribution is 2.35. The molecule has 1 N–H and O–H groups in total. The second-order valence-corrected chi connectivity index (χ2v) is 6.63. The van der Waals surface area contributed by atoms with Crippen LogP contribution in [0.1, 0.15) is 24.1 Å². The molecule has 0 amide bonds. The SMILES string of the molecule is CCOc1ccccc1C(c1ccc(Br)cc1)N1CCNCC1. The Hall–Kier alpha value is -1.36. The van der Waals surface area contributed by atoms with Crippen molar-refractivity contribution in [3.63, 3.8) is 0 Å². The van der Waals surface area contributed by atoms with E-state index in [9.17, 15) is 0 Å². The molecular weight excluding hydrogens is 352 g/mol. The molecule has 1 unspecified atom stereocenters. The van der Waals surface area contributed by atoms with Gasteiger partial charge in [0, 0.05) is 36.2 Å². The molecule has 0 saturated carbocycles. The molecule has 1 aliphatic heterocycles. The summed E-state index contributed by atoms with van der Waals surface area (Å²) >= 11 is 3.54. The summed E-state index contributed by atoms with van der Waals surface area (Å²) in [5, 5.41) is 3.44. The number of hydrogen-bond donors (Lipinski definition) is 1. The van der Waals surface area contributed by atoms with Crippen molar-refractivity contribution in [1.29, 1.82) is 0 Å². The van der Waals surface area contributed by atoms with Crippen LogP contribution in [0.5, 0.6) is 5.75 Å². The lowest BCUT2D eigenvalue weighted by Crippen LogP contribution is -2.45. The lowest BCUT2D eigenvalue weighted by atomic mass is 9.95. The largest absolute Gasteiger partial charge is 0.494 e. The van der Waals surface area contributed by atoms with E-state index >= 15 is 0 Å². The van der Waals surface area contributed by atoms with E-state index in [1.165, 1.54) is 11.1 Å². The van der Waals surface area contributed by atoms with Crippen molar-refractivity contribution >= 4 is 15.9 Å². The third-order valence-corrected chi connectivity index (χ3v) is 4.74. The van der Waals surface area contributed by atoms with Crippen LogP contribution in [0.25, 0.3) is 0 Å². The second-order valence-electron chi connectivity index (χ2n) is 5.71. The first kappa shape index (κ1) is 16.5. The number of nitrogens with one attached hydrogen (secondary N) is 1. The molecule has 4 heteroatoms. The molecule has 2 aromatic carbocycles. The Morgan fingerprint density at radius 2 is 1.78 bits per heavy atom. The third-order valence-electron chi connectivity index (χ3n) is 4.22. The summed E-state index contributed by atoms with van der Waals surface area (Å²) in [7, 11) is 0. The zero-order valence-electron chi connectivity index (χ0n) is 13.5. The van der Waals surface area contributed by atoms with Gasteiger partial charge in [0.05, 0.1) is 12.6 Å². The molecule has 0 aromatic heterocycles. The highest BCUT2D eigenvalue weighted by Gasteiger charge is 2.26. The van der Waals surface area contributed by atoms with Crippen LogP contribution >= 0.6 is 15.9 Å². The molecule has 0 spiro atoms. The highest BCUT2D eigenvalue weighted by molar-refractivity contribution is 9.10. The van der Waals surface area contributed by atoms with E-state index in [4.69, 9.17) is 4.74 Å². The van der Waals surface area contributed by atoms with E-state index in [0.717, 1.165) is 36.4 Å². The minimum Gasteiger partial charge on any atom is -0.494 e. The first-order chi connectivity index (χ1) is 11.3. The maximum absolute atomic E-state index is 5.90. The van der Waals surface area contributed by atoms with Crippen LogP contribution in [0, 0.1) is 0 Å². The fraction of sp³-hybridized carbons (Fsp3) is 0.368. The Morgan fingerprint density at radius 1 is 1.09 bits per heavy atom. The summed E-state index contributed by atoms with van der Waals surface area (Å²) in [6.07, 6.45) is 0. The molecule has 1 atom stereocenters. The van der Waals surface area contributed by atoms with Gasteiger partial charge in [0.15, 0.2) is 0 Å². The molecule has 2 aromatic rings. The van der Waals surface area contributed by atoms with E-state index < -0.39 is 0 Å². The summed E-state index contributed by atoms with van der Waals surface area (Å²) in [6.45, 7) is 6.87. The van der Waals surface area contributed by atoms with Crippen molar-refractivity contribution in [2.45, 2.75) is 13.0 Å². The molecule has 3 rings (SSSR count). The van der Waals surface area contributed by atoms with Gasteiger partial charge >= 0.3 is 0 Å². The molecule has 23 heavy (non-hydrogen) atoms. The zero-order valence-corrected chi connectivity index (χ0v) is 15.1. The second kappa shape index (κ2) is 7.95. The minimum absolute atomic E-state index is 0.230. The lowest BCUT2D eigenvalue weighted by Gasteiger charge is -2.36. The Balaban J connectivity index is 2.02. The van der Waals surface area contributed by atoms with Crippen molar-refractivity contribution < 1.29 is 4.74 Å². The van der Waals surface area contributed by atoms with Gasteiger partial charge in [-0.05, 0) is 30.7 Å². The molecule has 1 aliphatic rings. The van der Waals surface area contributed by atoms with Crippen LogP contribution in [-0.4, -0.2) is 37.7 Å². The molecule has 0 bridgehead atoms. The maximum Gasteiger partial charge on any atom is 0.124 e. The van der Waals surface area contributed by atoms with Crippen LogP contribution < -0.4 is 10.1 Å². The van der Waals surface area contributed by atoms with Crippen molar-refractivity contribution in [1.82, 2.24) is 10.2 Å². The van der Waals surface area contributed by atoms with Gasteiger partial charge in [-0.1, -0.05) is 46.3 Å². The molecule has 1 fully saturated rings. The molecule has 122 valence electrons. The van der Waals surface area contributed by atoms with Crippen molar-refractivity contribution in [3.8, 4) is 5.75 Å². The number of hydrogen-bond acceptors (Lipinski definition) is 3. The van der Waals surface area contributed by atoms with Gasteiger partial charge in [0.1, 0.15) is 5.75 Å². The van der Waals surface area contributed by atoms with E-state index in [0.29, 0.717) is 6.61 Å². The summed E-state index contributed by atoms with van der Waals surface area (Å²) in [6, 6.07) is 17.3. The van der Waals surface area contributed by atoms with Gasteiger partial charge in [0.2, 0.25) is 0 Å². The van der Waals surface area contributed by atoms with E-state index in [1.54, 1.807) is 0 Å². The van der Waals surface area contributed by atoms with Crippen molar-refractivity contribution in [3.05, 3.63) is 64.1 Å². The molecule has 1 heterocycles. The van der Waals surface area contributed by atoms with Crippen LogP contribution in [0.2, 0.25) is 0 Å². The monoisotopic (exact) mass is 374 g/mol. The Labute approximate surface area is 146 Å². The summed E-state index contributed by atoms with van der Waals surface area (Å²) in [5.41, 5.74) is 2.56. The minimum atomic E-state index is 0.230. The number of piperazine rings is 1. The topological polar surface area (TPSA) is 24.5 Å². The van der Waals surface area contributed by atoms with Gasteiger partial charge in [-0.25, -0.2) is 0 Å². The quantitative estimate of drug-likeness (QED) is 0.860. The van der Waals surface area contributed by atoms with E-state index in [-0.39, 0.29) is 6.04 Å². The molecule has 3 nitrogen and oxygen atoms in total. The molecule has 0 aliphatic carbocycles. The average molecular weight is 375 g/mol. The maximum atomic E-state index is 5.90. The standard InChI is InChI=1S/C19H23BrN2O/c1-2-23-18-6-4-3-5-17(18)19(22-13-11-21-12-14-22)15-7-9-16(20)10-8-15/h3-10,19,21H,2,11-14H2,1H3. The predicted molar refractivity (Wildman–Crippen MR) is 98.0 cm³/mol. The predicted octanol–water partition coefficient (Wildman–Crippen LogP) is 3.84. The van der Waals surface area contributed by atoms with E-state index in [2.05, 4.69) is 68.6 Å². The third kappa shape index (κ3) is 3.94. The number of halogens is 1. The van der Waals surface area contributed by atoms with Crippen molar-refractivity contribution in [2.24, 2.45) is 0 Å². The van der Waals surface area contributed by atoms with E-state index in [1.807, 2.05) is 13.0 Å². The summed E-state index contributed by atoms with van der Waals surface area (Å²) in [5.74, 6) is 0.987. The Morgan fingerprint density at radius 3 is 2.48 bits per heavy atom. The van der Waals surface area contributed by atoms with Crippen LogP contribution in [0.15, 0.2) is 53.0 Å². The fourth-order valence-electron chi connectivity index (χ4n) is 3.17. The number of benzene rings is 2. The number of ether oxygens (including phenoxy) is 1. The first-order valence-electron chi connectivity index (χ1n) is 8.21. The lowest BCUT2D eigenvalue weighted by molar-refractivity contribution is 0.194. The van der Waals surface area contributed by atoms with Gasteiger partial charge in [-0.3, -0.25) is 4.90 Å². The number of rotatable bonds is 5. The number of nitrogens with zero attached hydrogens (tertiary/aromatic N) is 1. The molecular formula is C19H23BrN2O. The van der Waals surface area contributed by atoms with Gasteiger partial charge in [-0.15, -0.1) is 0 Å². The van der Waals surface area contributed by atoms with Gasteiger partial charge in [-0.2, -0.15) is 0 Å². The highest BCUT2D eigenvalue weighted by atomic mass is 79.9. The van der Waals surface area contributed by atoms with Crippen LogP contribution in [-0.2, 0) is 0 Å².